The molecular weight excluding hydrogens is 350 g/mol. The fourth-order valence-corrected chi connectivity index (χ4v) is 2.65. The maximum atomic E-state index is 12.0. The summed E-state index contributed by atoms with van der Waals surface area (Å²) in [4.78, 5) is 9.70. The average molecular weight is 358 g/mol. The molecule has 0 saturated carbocycles. The third-order valence-corrected chi connectivity index (χ3v) is 4.11. The number of benzene rings is 2. The minimum atomic E-state index is -4.10. The predicted octanol–water partition coefficient (Wildman–Crippen LogP) is 3.13. The van der Waals surface area contributed by atoms with Crippen LogP contribution in [0.25, 0.3) is 0 Å². The van der Waals surface area contributed by atoms with Crippen LogP contribution in [-0.4, -0.2) is 13.3 Å². The molecule has 0 spiro atoms. The molecule has 0 aromatic heterocycles. The van der Waals surface area contributed by atoms with Crippen molar-refractivity contribution in [1.29, 1.82) is 0 Å². The van der Waals surface area contributed by atoms with E-state index in [2.05, 4.69) is 15.9 Å². The van der Waals surface area contributed by atoms with Gasteiger partial charge >= 0.3 is 10.1 Å². The van der Waals surface area contributed by atoms with Crippen LogP contribution in [-0.2, 0) is 10.1 Å². The third-order valence-electron chi connectivity index (χ3n) is 2.34. The number of nitro groups is 1. The van der Waals surface area contributed by atoms with Gasteiger partial charge in [-0.1, -0.05) is 22.0 Å². The second kappa shape index (κ2) is 5.59. The third kappa shape index (κ3) is 3.34. The van der Waals surface area contributed by atoms with Crippen LogP contribution < -0.4 is 4.18 Å². The summed E-state index contributed by atoms with van der Waals surface area (Å²) < 4.78 is 29.7. The first-order valence-corrected chi connectivity index (χ1v) is 7.53. The van der Waals surface area contributed by atoms with Gasteiger partial charge in [0.1, 0.15) is 10.6 Å². The van der Waals surface area contributed by atoms with Crippen molar-refractivity contribution < 1.29 is 17.5 Å². The van der Waals surface area contributed by atoms with Crippen LogP contribution >= 0.6 is 15.9 Å². The molecule has 0 fully saturated rings. The van der Waals surface area contributed by atoms with E-state index >= 15 is 0 Å². The topological polar surface area (TPSA) is 86.5 Å². The highest BCUT2D eigenvalue weighted by molar-refractivity contribution is 9.10. The van der Waals surface area contributed by atoms with Gasteiger partial charge in [0.05, 0.1) is 4.92 Å². The highest BCUT2D eigenvalue weighted by Gasteiger charge is 2.19. The van der Waals surface area contributed by atoms with E-state index in [0.717, 1.165) is 10.5 Å². The molecule has 0 radical (unpaired) electrons. The van der Waals surface area contributed by atoms with Crippen molar-refractivity contribution in [3.63, 3.8) is 0 Å². The Labute approximate surface area is 123 Å². The molecule has 6 nitrogen and oxygen atoms in total. The van der Waals surface area contributed by atoms with Crippen LogP contribution in [0.4, 0.5) is 5.69 Å². The molecule has 20 heavy (non-hydrogen) atoms. The molecule has 0 aliphatic heterocycles. The largest absolute Gasteiger partial charge is 0.379 e. The second-order valence-electron chi connectivity index (χ2n) is 3.75. The summed E-state index contributed by atoms with van der Waals surface area (Å²) in [6.45, 7) is 0. The van der Waals surface area contributed by atoms with Gasteiger partial charge in [-0.25, -0.2) is 0 Å². The summed E-state index contributed by atoms with van der Waals surface area (Å²) >= 11 is 3.22. The van der Waals surface area contributed by atoms with Gasteiger partial charge in [0.2, 0.25) is 0 Å². The molecule has 0 heterocycles. The maximum Gasteiger partial charge on any atom is 0.339 e. The Bertz CT molecular complexity index is 743. The van der Waals surface area contributed by atoms with Gasteiger partial charge in [0, 0.05) is 16.6 Å². The van der Waals surface area contributed by atoms with E-state index in [1.54, 1.807) is 12.1 Å². The Morgan fingerprint density at radius 2 is 1.75 bits per heavy atom. The summed E-state index contributed by atoms with van der Waals surface area (Å²) in [5.74, 6) is 0.125. The number of hydrogen-bond acceptors (Lipinski definition) is 5. The van der Waals surface area contributed by atoms with E-state index < -0.39 is 15.0 Å². The Morgan fingerprint density at radius 1 is 1.10 bits per heavy atom. The van der Waals surface area contributed by atoms with E-state index in [1.165, 1.54) is 30.3 Å². The van der Waals surface area contributed by atoms with E-state index in [0.29, 0.717) is 0 Å². The second-order valence-corrected chi connectivity index (χ2v) is 6.21. The zero-order valence-electron chi connectivity index (χ0n) is 9.89. The molecule has 8 heteroatoms. The number of nitrogens with zero attached hydrogens (tertiary/aromatic N) is 1. The molecule has 104 valence electrons. The fraction of sp³-hybridized carbons (Fsp3) is 0. The van der Waals surface area contributed by atoms with Gasteiger partial charge in [0.25, 0.3) is 5.69 Å². The van der Waals surface area contributed by atoms with E-state index in [1.807, 2.05) is 0 Å². The molecule has 0 aliphatic rings. The molecule has 0 N–H and O–H groups in total. The number of hydrogen-bond donors (Lipinski definition) is 0. The SMILES string of the molecule is O=[N+]([O-])c1cccc(S(=O)(=O)Oc2ccc(Br)cc2)c1. The normalized spacial score (nSPS) is 11.1. The number of nitro benzene ring substituents is 1. The highest BCUT2D eigenvalue weighted by Crippen LogP contribution is 2.23. The predicted molar refractivity (Wildman–Crippen MR) is 75.1 cm³/mol. The van der Waals surface area contributed by atoms with Crippen molar-refractivity contribution in [1.82, 2.24) is 0 Å². The average Bonchev–Trinajstić information content (AvgIpc) is 2.41. The summed E-state index contributed by atoms with van der Waals surface area (Å²) in [5, 5.41) is 10.6. The first-order chi connectivity index (χ1) is 9.38. The summed E-state index contributed by atoms with van der Waals surface area (Å²) in [6, 6.07) is 10.9. The lowest BCUT2D eigenvalue weighted by Gasteiger charge is -2.06. The molecule has 0 amide bonds. The molecule has 0 bridgehead atoms. The first-order valence-electron chi connectivity index (χ1n) is 5.33. The van der Waals surface area contributed by atoms with Gasteiger partial charge in [-0.3, -0.25) is 10.1 Å². The zero-order valence-corrected chi connectivity index (χ0v) is 12.3. The first kappa shape index (κ1) is 14.5. The van der Waals surface area contributed by atoms with Crippen LogP contribution in [0.15, 0.2) is 57.9 Å². The van der Waals surface area contributed by atoms with Gasteiger partial charge in [-0.2, -0.15) is 8.42 Å². The van der Waals surface area contributed by atoms with Crippen molar-refractivity contribution >= 4 is 31.7 Å². The summed E-state index contributed by atoms with van der Waals surface area (Å²) in [6.07, 6.45) is 0. The summed E-state index contributed by atoms with van der Waals surface area (Å²) in [7, 11) is -4.10. The Kier molecular flexibility index (Phi) is 4.05. The minimum Gasteiger partial charge on any atom is -0.379 e. The standard InChI is InChI=1S/C12H8BrNO5S/c13-9-4-6-11(7-5-9)19-20(17,18)12-3-1-2-10(8-12)14(15)16/h1-8H. The monoisotopic (exact) mass is 357 g/mol. The minimum absolute atomic E-state index is 0.125. The van der Waals surface area contributed by atoms with Crippen LogP contribution in [0, 0.1) is 10.1 Å². The Hall–Kier alpha value is -1.93. The van der Waals surface area contributed by atoms with Crippen molar-refractivity contribution in [2.45, 2.75) is 4.90 Å². The Morgan fingerprint density at radius 3 is 2.35 bits per heavy atom. The van der Waals surface area contributed by atoms with Crippen molar-refractivity contribution in [3.05, 3.63) is 63.1 Å². The van der Waals surface area contributed by atoms with Crippen molar-refractivity contribution in [2.75, 3.05) is 0 Å². The van der Waals surface area contributed by atoms with E-state index in [9.17, 15) is 18.5 Å². The molecule has 2 aromatic rings. The van der Waals surface area contributed by atoms with Gasteiger partial charge < -0.3 is 4.18 Å². The van der Waals surface area contributed by atoms with Gasteiger partial charge in [-0.15, -0.1) is 0 Å². The van der Waals surface area contributed by atoms with Crippen molar-refractivity contribution in [2.24, 2.45) is 0 Å². The van der Waals surface area contributed by atoms with Crippen LogP contribution in [0.3, 0.4) is 0 Å². The lowest BCUT2D eigenvalue weighted by molar-refractivity contribution is -0.385. The Balaban J connectivity index is 2.33. The van der Waals surface area contributed by atoms with Crippen LogP contribution in [0.5, 0.6) is 5.75 Å². The van der Waals surface area contributed by atoms with E-state index in [4.69, 9.17) is 4.18 Å². The fourth-order valence-electron chi connectivity index (χ4n) is 1.42. The molecule has 2 aromatic carbocycles. The molecule has 0 unspecified atom stereocenters. The molecule has 2 rings (SSSR count). The summed E-state index contributed by atoms with van der Waals surface area (Å²) in [5.41, 5.74) is -0.314. The van der Waals surface area contributed by atoms with Gasteiger partial charge in [0.15, 0.2) is 0 Å². The van der Waals surface area contributed by atoms with Crippen molar-refractivity contribution in [3.8, 4) is 5.75 Å². The molecule has 0 saturated heterocycles. The number of rotatable bonds is 4. The lowest BCUT2D eigenvalue weighted by Crippen LogP contribution is -2.09. The number of non-ortho nitro benzene ring substituents is 1. The van der Waals surface area contributed by atoms with Gasteiger partial charge in [-0.05, 0) is 30.3 Å². The highest BCUT2D eigenvalue weighted by atomic mass is 79.9. The van der Waals surface area contributed by atoms with Crippen LogP contribution in [0.2, 0.25) is 0 Å². The lowest BCUT2D eigenvalue weighted by atomic mass is 10.3. The quantitative estimate of drug-likeness (QED) is 0.476. The van der Waals surface area contributed by atoms with Crippen LogP contribution in [0.1, 0.15) is 0 Å². The van der Waals surface area contributed by atoms with E-state index in [-0.39, 0.29) is 16.3 Å². The smallest absolute Gasteiger partial charge is 0.339 e. The number of halogens is 1. The molecule has 0 aliphatic carbocycles. The molecule has 0 atom stereocenters. The maximum absolute atomic E-state index is 12.0. The molecular formula is C12H8BrNO5S. The zero-order chi connectivity index (χ0) is 14.8.